The summed E-state index contributed by atoms with van der Waals surface area (Å²) in [5, 5.41) is 5.02. The van der Waals surface area contributed by atoms with Gasteiger partial charge in [0.15, 0.2) is 29.0 Å². The average Bonchev–Trinajstić information content (AvgIpc) is 2.82. The molecule has 172 valence electrons. The van der Waals surface area contributed by atoms with Gasteiger partial charge in [0.25, 0.3) is 5.91 Å². The zero-order valence-corrected chi connectivity index (χ0v) is 18.0. The number of amides is 2. The van der Waals surface area contributed by atoms with Crippen LogP contribution in [0.5, 0.6) is 11.5 Å². The van der Waals surface area contributed by atoms with E-state index in [4.69, 9.17) is 21.1 Å². The van der Waals surface area contributed by atoms with E-state index in [9.17, 15) is 22.8 Å². The number of anilines is 1. The normalized spacial score (nSPS) is 10.5. The summed E-state index contributed by atoms with van der Waals surface area (Å²) in [6.45, 7) is -0.284. The Labute approximate surface area is 192 Å². The number of carbonyl (C=O) groups excluding carboxylic acids is 2. The minimum Gasteiger partial charge on any atom is -0.493 e. The lowest BCUT2D eigenvalue weighted by molar-refractivity contribution is -0.115. The summed E-state index contributed by atoms with van der Waals surface area (Å²) < 4.78 is 50.9. The van der Waals surface area contributed by atoms with Gasteiger partial charge in [-0.25, -0.2) is 13.2 Å². The van der Waals surface area contributed by atoms with Gasteiger partial charge in [-0.05, 0) is 48.0 Å². The topological polar surface area (TPSA) is 76.7 Å². The van der Waals surface area contributed by atoms with Gasteiger partial charge in [-0.15, -0.1) is 0 Å². The third-order valence-corrected chi connectivity index (χ3v) is 4.70. The highest BCUT2D eigenvalue weighted by molar-refractivity contribution is 6.30. The van der Waals surface area contributed by atoms with Crippen molar-refractivity contribution in [1.82, 2.24) is 5.32 Å². The summed E-state index contributed by atoms with van der Waals surface area (Å²) >= 11 is 5.86. The van der Waals surface area contributed by atoms with E-state index in [-0.39, 0.29) is 12.2 Å². The minimum absolute atomic E-state index is 0.178. The molecule has 33 heavy (non-hydrogen) atoms. The summed E-state index contributed by atoms with van der Waals surface area (Å²) in [5.41, 5.74) is 0.515. The minimum atomic E-state index is -1.71. The molecule has 0 spiro atoms. The van der Waals surface area contributed by atoms with E-state index < -0.39 is 41.5 Å². The highest BCUT2D eigenvalue weighted by Gasteiger charge is 2.16. The van der Waals surface area contributed by atoms with Gasteiger partial charge in [-0.2, -0.15) is 0 Å². The molecule has 2 N–H and O–H groups in total. The van der Waals surface area contributed by atoms with E-state index in [0.717, 1.165) is 11.6 Å². The van der Waals surface area contributed by atoms with Gasteiger partial charge in [-0.1, -0.05) is 23.7 Å². The molecule has 0 saturated carbocycles. The quantitative estimate of drug-likeness (QED) is 0.460. The van der Waals surface area contributed by atoms with Crippen LogP contribution in [0.1, 0.15) is 15.9 Å². The van der Waals surface area contributed by atoms with Gasteiger partial charge in [0.1, 0.15) is 6.61 Å². The predicted octanol–water partition coefficient (Wildman–Crippen LogP) is 4.71. The number of nitrogens with one attached hydrogen (secondary N) is 2. The Morgan fingerprint density at radius 1 is 0.939 bits per heavy atom. The van der Waals surface area contributed by atoms with Crippen molar-refractivity contribution in [2.45, 2.75) is 6.61 Å². The first-order valence-corrected chi connectivity index (χ1v) is 9.93. The molecule has 0 aliphatic heterocycles. The molecule has 2 amide bonds. The maximum absolute atomic E-state index is 13.6. The van der Waals surface area contributed by atoms with Gasteiger partial charge in [0, 0.05) is 10.6 Å². The van der Waals surface area contributed by atoms with Crippen molar-refractivity contribution in [1.29, 1.82) is 0 Å². The number of hydrogen-bond donors (Lipinski definition) is 2. The van der Waals surface area contributed by atoms with E-state index in [0.29, 0.717) is 22.6 Å². The lowest BCUT2D eigenvalue weighted by atomic mass is 10.2. The molecule has 3 rings (SSSR count). The van der Waals surface area contributed by atoms with E-state index in [1.807, 2.05) is 12.1 Å². The van der Waals surface area contributed by atoms with E-state index in [2.05, 4.69) is 10.6 Å². The van der Waals surface area contributed by atoms with Gasteiger partial charge in [0.2, 0.25) is 5.91 Å². The van der Waals surface area contributed by atoms with Crippen molar-refractivity contribution < 1.29 is 32.2 Å². The van der Waals surface area contributed by atoms with Crippen LogP contribution in [0.4, 0.5) is 18.9 Å². The number of carbonyl (C=O) groups is 2. The summed E-state index contributed by atoms with van der Waals surface area (Å²) in [7, 11) is 1.41. The molecule has 0 unspecified atom stereocenters. The molecule has 0 fully saturated rings. The summed E-state index contributed by atoms with van der Waals surface area (Å²) in [4.78, 5) is 24.3. The molecule has 0 aliphatic carbocycles. The highest BCUT2D eigenvalue weighted by atomic mass is 35.5. The third-order valence-electron chi connectivity index (χ3n) is 4.45. The van der Waals surface area contributed by atoms with Gasteiger partial charge >= 0.3 is 0 Å². The molecular formula is C23H18ClF3N2O4. The number of halogens is 4. The third kappa shape index (κ3) is 6.17. The van der Waals surface area contributed by atoms with Crippen LogP contribution in [0.25, 0.3) is 0 Å². The Bertz CT molecular complexity index is 1170. The molecule has 3 aromatic carbocycles. The Morgan fingerprint density at radius 2 is 1.67 bits per heavy atom. The number of ether oxygens (including phenoxy) is 2. The van der Waals surface area contributed by atoms with E-state index in [1.54, 1.807) is 18.2 Å². The van der Waals surface area contributed by atoms with Crippen molar-refractivity contribution in [3.8, 4) is 11.5 Å². The first-order chi connectivity index (χ1) is 15.8. The van der Waals surface area contributed by atoms with Crippen molar-refractivity contribution in [3.63, 3.8) is 0 Å². The maximum atomic E-state index is 13.6. The molecule has 0 bridgehead atoms. The molecule has 3 aromatic rings. The van der Waals surface area contributed by atoms with Crippen LogP contribution in [0, 0.1) is 17.5 Å². The molecule has 6 nitrogen and oxygen atoms in total. The largest absolute Gasteiger partial charge is 0.493 e. The van der Waals surface area contributed by atoms with Crippen LogP contribution < -0.4 is 20.1 Å². The molecule has 10 heteroatoms. The first-order valence-electron chi connectivity index (χ1n) is 9.55. The van der Waals surface area contributed by atoms with Gasteiger partial charge < -0.3 is 20.1 Å². The maximum Gasteiger partial charge on any atom is 0.251 e. The molecule has 0 aromatic heterocycles. The standard InChI is InChI=1S/C23H18ClF3N2O4/c1-32-19-10-14(4-9-18(19)33-12-13-2-5-15(24)6-3-13)23(31)28-11-20(30)29-17-8-7-16(25)21(26)22(17)27/h2-10H,11-12H2,1H3,(H,28,31)(H,29,30). The van der Waals surface area contributed by atoms with Crippen LogP contribution >= 0.6 is 11.6 Å². The second-order valence-corrected chi connectivity index (χ2v) is 7.17. The molecular weight excluding hydrogens is 461 g/mol. The lowest BCUT2D eigenvalue weighted by Crippen LogP contribution is -2.33. The summed E-state index contributed by atoms with van der Waals surface area (Å²) in [5.74, 6) is -5.37. The average molecular weight is 479 g/mol. The van der Waals surface area contributed by atoms with Crippen molar-refractivity contribution >= 4 is 29.1 Å². The zero-order valence-electron chi connectivity index (χ0n) is 17.3. The van der Waals surface area contributed by atoms with Crippen molar-refractivity contribution in [3.05, 3.63) is 88.2 Å². The van der Waals surface area contributed by atoms with Crippen LogP contribution in [0.2, 0.25) is 5.02 Å². The first kappa shape index (κ1) is 23.9. The van der Waals surface area contributed by atoms with Gasteiger partial charge in [0.05, 0.1) is 19.3 Å². The molecule has 0 heterocycles. The Balaban J connectivity index is 1.58. The van der Waals surface area contributed by atoms with Crippen molar-refractivity contribution in [2.75, 3.05) is 19.0 Å². The summed E-state index contributed by atoms with van der Waals surface area (Å²) in [6.07, 6.45) is 0. The van der Waals surface area contributed by atoms with E-state index >= 15 is 0 Å². The zero-order chi connectivity index (χ0) is 24.0. The highest BCUT2D eigenvalue weighted by Crippen LogP contribution is 2.29. The monoisotopic (exact) mass is 478 g/mol. The molecule has 0 atom stereocenters. The van der Waals surface area contributed by atoms with Crippen molar-refractivity contribution in [2.24, 2.45) is 0 Å². The number of methoxy groups -OCH3 is 1. The van der Waals surface area contributed by atoms with Crippen LogP contribution in [0.15, 0.2) is 54.6 Å². The fourth-order valence-corrected chi connectivity index (χ4v) is 2.88. The second-order valence-electron chi connectivity index (χ2n) is 6.73. The lowest BCUT2D eigenvalue weighted by Gasteiger charge is -2.13. The smallest absolute Gasteiger partial charge is 0.251 e. The molecule has 0 aliphatic rings. The Hall–Kier alpha value is -3.72. The SMILES string of the molecule is COc1cc(C(=O)NCC(=O)Nc2ccc(F)c(F)c2F)ccc1OCc1ccc(Cl)cc1. The van der Waals surface area contributed by atoms with Gasteiger partial charge in [-0.3, -0.25) is 9.59 Å². The van der Waals surface area contributed by atoms with E-state index in [1.165, 1.54) is 19.2 Å². The molecule has 0 saturated heterocycles. The Kier molecular flexibility index (Phi) is 7.78. The number of benzene rings is 3. The molecule has 0 radical (unpaired) electrons. The summed E-state index contributed by atoms with van der Waals surface area (Å²) in [6, 6.07) is 13.1. The fraction of sp³-hybridized carbons (Fsp3) is 0.130. The Morgan fingerprint density at radius 3 is 2.36 bits per heavy atom. The number of rotatable bonds is 8. The predicted molar refractivity (Wildman–Crippen MR) is 116 cm³/mol. The fourth-order valence-electron chi connectivity index (χ4n) is 2.75. The van der Waals surface area contributed by atoms with Crippen LogP contribution in [0.3, 0.4) is 0 Å². The van der Waals surface area contributed by atoms with Crippen LogP contribution in [-0.2, 0) is 11.4 Å². The van der Waals surface area contributed by atoms with Crippen LogP contribution in [-0.4, -0.2) is 25.5 Å². The second kappa shape index (κ2) is 10.7. The number of hydrogen-bond acceptors (Lipinski definition) is 4.